The number of nitrogens with zero attached hydrogens (tertiary/aromatic N) is 2. The van der Waals surface area contributed by atoms with Gasteiger partial charge in [-0.25, -0.2) is 4.98 Å². The summed E-state index contributed by atoms with van der Waals surface area (Å²) in [5, 5.41) is 0. The molecule has 0 aliphatic heterocycles. The minimum atomic E-state index is -0.282. The lowest BCUT2D eigenvalue weighted by Gasteiger charge is -1.90. The molecule has 1 amide bonds. The maximum absolute atomic E-state index is 10.4. The number of halogens is 1. The van der Waals surface area contributed by atoms with E-state index in [2.05, 4.69) is 4.98 Å². The molecule has 0 saturated carbocycles. The number of rotatable bonds is 3. The summed E-state index contributed by atoms with van der Waals surface area (Å²) in [5.41, 5.74) is 5.88. The van der Waals surface area contributed by atoms with E-state index in [1.165, 1.54) is 0 Å². The number of hydrogen-bond donors (Lipinski definition) is 1. The minimum absolute atomic E-state index is 0. The molecule has 12 heavy (non-hydrogen) atoms. The second-order valence-electron chi connectivity index (χ2n) is 2.50. The van der Waals surface area contributed by atoms with Gasteiger partial charge in [0.15, 0.2) is 0 Å². The molecule has 0 unspecified atom stereocenters. The van der Waals surface area contributed by atoms with Crippen LogP contribution in [0.25, 0.3) is 0 Å². The van der Waals surface area contributed by atoms with Gasteiger partial charge in [-0.15, -0.1) is 12.4 Å². The van der Waals surface area contributed by atoms with Crippen molar-refractivity contribution in [2.24, 2.45) is 12.8 Å². The fourth-order valence-corrected chi connectivity index (χ4v) is 0.847. The lowest BCUT2D eigenvalue weighted by Crippen LogP contribution is -2.11. The summed E-state index contributed by atoms with van der Waals surface area (Å²) in [4.78, 5) is 14.4. The molecule has 0 radical (unpaired) electrons. The number of nitrogens with two attached hydrogens (primary N) is 1. The van der Waals surface area contributed by atoms with Crippen molar-refractivity contribution < 1.29 is 4.79 Å². The maximum Gasteiger partial charge on any atom is 0.217 e. The van der Waals surface area contributed by atoms with Crippen LogP contribution in [0, 0.1) is 0 Å². The Hall–Kier alpha value is -1.03. The van der Waals surface area contributed by atoms with Crippen LogP contribution in [-0.4, -0.2) is 15.5 Å². The van der Waals surface area contributed by atoms with Gasteiger partial charge < -0.3 is 10.3 Å². The fourth-order valence-electron chi connectivity index (χ4n) is 0.847. The van der Waals surface area contributed by atoms with Crippen molar-refractivity contribution in [1.29, 1.82) is 0 Å². The Morgan fingerprint density at radius 1 is 1.75 bits per heavy atom. The second-order valence-corrected chi connectivity index (χ2v) is 2.50. The van der Waals surface area contributed by atoms with Crippen LogP contribution in [0.15, 0.2) is 12.5 Å². The molecular weight excluding hydrogens is 178 g/mol. The summed E-state index contributed by atoms with van der Waals surface area (Å²) in [6.07, 6.45) is 4.59. The van der Waals surface area contributed by atoms with Gasteiger partial charge >= 0.3 is 0 Å². The zero-order valence-electron chi connectivity index (χ0n) is 6.86. The molecule has 0 fully saturated rings. The SMILES string of the molecule is Cl.Cn1cnc(CCC(N)=O)c1. The first-order chi connectivity index (χ1) is 5.18. The Morgan fingerprint density at radius 3 is 2.83 bits per heavy atom. The van der Waals surface area contributed by atoms with Crippen molar-refractivity contribution >= 4 is 18.3 Å². The number of imidazole rings is 1. The number of aromatic nitrogens is 2. The molecule has 0 aliphatic carbocycles. The van der Waals surface area contributed by atoms with E-state index < -0.39 is 0 Å². The van der Waals surface area contributed by atoms with Gasteiger partial charge in [0, 0.05) is 19.7 Å². The quantitative estimate of drug-likeness (QED) is 0.742. The summed E-state index contributed by atoms with van der Waals surface area (Å²) in [6, 6.07) is 0. The van der Waals surface area contributed by atoms with Crippen LogP contribution in [0.3, 0.4) is 0 Å². The number of primary amides is 1. The minimum Gasteiger partial charge on any atom is -0.370 e. The third kappa shape index (κ3) is 3.39. The third-order valence-corrected chi connectivity index (χ3v) is 1.39. The van der Waals surface area contributed by atoms with Gasteiger partial charge in [-0.2, -0.15) is 0 Å². The average molecular weight is 190 g/mol. The van der Waals surface area contributed by atoms with Crippen LogP contribution >= 0.6 is 12.4 Å². The van der Waals surface area contributed by atoms with E-state index in [0.717, 1.165) is 5.69 Å². The second kappa shape index (κ2) is 4.77. The summed E-state index contributed by atoms with van der Waals surface area (Å²) >= 11 is 0. The Morgan fingerprint density at radius 2 is 2.42 bits per heavy atom. The number of carbonyl (C=O) groups excluding carboxylic acids is 1. The van der Waals surface area contributed by atoms with Crippen molar-refractivity contribution in [3.05, 3.63) is 18.2 Å². The molecule has 4 nitrogen and oxygen atoms in total. The predicted molar refractivity (Wildman–Crippen MR) is 48.0 cm³/mol. The zero-order chi connectivity index (χ0) is 8.27. The number of carbonyl (C=O) groups is 1. The van der Waals surface area contributed by atoms with Crippen molar-refractivity contribution in [3.8, 4) is 0 Å². The zero-order valence-corrected chi connectivity index (χ0v) is 7.67. The van der Waals surface area contributed by atoms with Crippen LogP contribution in [-0.2, 0) is 18.3 Å². The lowest BCUT2D eigenvalue weighted by molar-refractivity contribution is -0.118. The molecule has 1 aromatic heterocycles. The van der Waals surface area contributed by atoms with Gasteiger partial charge in [-0.3, -0.25) is 4.79 Å². The number of hydrogen-bond acceptors (Lipinski definition) is 2. The Bertz CT molecular complexity index is 259. The molecular formula is C7H12ClN3O. The molecule has 0 aromatic carbocycles. The van der Waals surface area contributed by atoms with Crippen LogP contribution in [0.1, 0.15) is 12.1 Å². The summed E-state index contributed by atoms with van der Waals surface area (Å²) in [7, 11) is 1.89. The monoisotopic (exact) mass is 189 g/mol. The predicted octanol–water partition coefficient (Wildman–Crippen LogP) is 0.260. The molecule has 0 atom stereocenters. The Kier molecular flexibility index (Phi) is 4.36. The topological polar surface area (TPSA) is 60.9 Å². The summed E-state index contributed by atoms with van der Waals surface area (Å²) in [5.74, 6) is -0.282. The molecule has 2 N–H and O–H groups in total. The smallest absolute Gasteiger partial charge is 0.217 e. The van der Waals surface area contributed by atoms with E-state index >= 15 is 0 Å². The van der Waals surface area contributed by atoms with Crippen molar-refractivity contribution in [3.63, 3.8) is 0 Å². The molecule has 1 rings (SSSR count). The van der Waals surface area contributed by atoms with E-state index in [4.69, 9.17) is 5.73 Å². The van der Waals surface area contributed by atoms with Gasteiger partial charge in [-0.05, 0) is 6.42 Å². The first kappa shape index (κ1) is 11.0. The largest absolute Gasteiger partial charge is 0.370 e. The first-order valence-electron chi connectivity index (χ1n) is 3.43. The highest BCUT2D eigenvalue weighted by atomic mass is 35.5. The van der Waals surface area contributed by atoms with Gasteiger partial charge in [0.25, 0.3) is 0 Å². The standard InChI is InChI=1S/C7H11N3O.ClH/c1-10-4-6(9-5-10)2-3-7(8)11;/h4-5H,2-3H2,1H3,(H2,8,11);1H. The molecule has 1 aromatic rings. The molecule has 0 spiro atoms. The highest BCUT2D eigenvalue weighted by Gasteiger charge is 1.98. The Balaban J connectivity index is 0.00000121. The normalized spacial score (nSPS) is 9.08. The number of aryl methyl sites for hydroxylation is 2. The summed E-state index contributed by atoms with van der Waals surface area (Å²) < 4.78 is 1.84. The fraction of sp³-hybridized carbons (Fsp3) is 0.429. The van der Waals surface area contributed by atoms with Gasteiger partial charge in [0.2, 0.25) is 5.91 Å². The molecule has 0 bridgehead atoms. The van der Waals surface area contributed by atoms with Gasteiger partial charge in [-0.1, -0.05) is 0 Å². The highest BCUT2D eigenvalue weighted by molar-refractivity contribution is 5.85. The molecule has 0 aliphatic rings. The third-order valence-electron chi connectivity index (χ3n) is 1.39. The van der Waals surface area contributed by atoms with Gasteiger partial charge in [0.05, 0.1) is 12.0 Å². The van der Waals surface area contributed by atoms with E-state index in [0.29, 0.717) is 12.8 Å². The van der Waals surface area contributed by atoms with E-state index in [1.54, 1.807) is 6.33 Å². The van der Waals surface area contributed by atoms with Crippen LogP contribution in [0.5, 0.6) is 0 Å². The Labute approximate surface area is 77.2 Å². The highest BCUT2D eigenvalue weighted by Crippen LogP contribution is 1.97. The van der Waals surface area contributed by atoms with Crippen molar-refractivity contribution in [2.45, 2.75) is 12.8 Å². The van der Waals surface area contributed by atoms with Crippen molar-refractivity contribution in [2.75, 3.05) is 0 Å². The van der Waals surface area contributed by atoms with E-state index in [9.17, 15) is 4.79 Å². The molecule has 0 saturated heterocycles. The van der Waals surface area contributed by atoms with E-state index in [-0.39, 0.29) is 18.3 Å². The lowest BCUT2D eigenvalue weighted by atomic mass is 10.2. The van der Waals surface area contributed by atoms with Crippen LogP contribution in [0.2, 0.25) is 0 Å². The molecule has 5 heteroatoms. The molecule has 68 valence electrons. The maximum atomic E-state index is 10.4. The number of amides is 1. The van der Waals surface area contributed by atoms with Crippen LogP contribution < -0.4 is 5.73 Å². The van der Waals surface area contributed by atoms with Crippen molar-refractivity contribution in [1.82, 2.24) is 9.55 Å². The van der Waals surface area contributed by atoms with E-state index in [1.807, 2.05) is 17.8 Å². The summed E-state index contributed by atoms with van der Waals surface area (Å²) in [6.45, 7) is 0. The molecule has 1 heterocycles. The first-order valence-corrected chi connectivity index (χ1v) is 3.43. The van der Waals surface area contributed by atoms with Crippen LogP contribution in [0.4, 0.5) is 0 Å². The average Bonchev–Trinajstić information content (AvgIpc) is 2.31. The van der Waals surface area contributed by atoms with Gasteiger partial charge in [0.1, 0.15) is 0 Å².